The second-order valence-corrected chi connectivity index (χ2v) is 5.14. The van der Waals surface area contributed by atoms with Crippen LogP contribution in [0.4, 0.5) is 0 Å². The van der Waals surface area contributed by atoms with Crippen LogP contribution in [0.25, 0.3) is 10.9 Å². The third-order valence-electron chi connectivity index (χ3n) is 3.37. The molecule has 0 spiro atoms. The Balaban J connectivity index is 1.72. The van der Waals surface area contributed by atoms with Crippen molar-refractivity contribution >= 4 is 28.4 Å². The van der Waals surface area contributed by atoms with Crippen LogP contribution in [0, 0.1) is 0 Å². The molecule has 2 aromatic rings. The fourth-order valence-corrected chi connectivity index (χ4v) is 2.58. The molecule has 1 unspecified atom stereocenters. The van der Waals surface area contributed by atoms with Gasteiger partial charge in [0.1, 0.15) is 5.69 Å². The molecule has 3 rings (SSSR count). The Hall–Kier alpha value is -1.52. The molecule has 2 N–H and O–H groups in total. The average molecular weight is 279 g/mol. The molecule has 1 fully saturated rings. The third-order valence-corrected chi connectivity index (χ3v) is 3.70. The molecule has 0 aliphatic carbocycles. The number of benzene rings is 1. The number of rotatable bonds is 3. The zero-order chi connectivity index (χ0) is 13.2. The van der Waals surface area contributed by atoms with Gasteiger partial charge in [0.05, 0.1) is 6.10 Å². The Labute approximate surface area is 116 Å². The van der Waals surface area contributed by atoms with Gasteiger partial charge in [-0.15, -0.1) is 0 Å². The summed E-state index contributed by atoms with van der Waals surface area (Å²) in [5, 5.41) is 4.40. The highest BCUT2D eigenvalue weighted by atomic mass is 35.5. The minimum atomic E-state index is -0.122. The summed E-state index contributed by atoms with van der Waals surface area (Å²) in [5.41, 5.74) is 1.40. The van der Waals surface area contributed by atoms with E-state index in [1.54, 1.807) is 6.07 Å². The van der Waals surface area contributed by atoms with Crippen molar-refractivity contribution in [1.29, 1.82) is 0 Å². The SMILES string of the molecule is O=C(NCC1CCCO1)c1cc2c(Cl)cccc2[nH]1. The van der Waals surface area contributed by atoms with Gasteiger partial charge in [-0.25, -0.2) is 0 Å². The highest BCUT2D eigenvalue weighted by Gasteiger charge is 2.17. The van der Waals surface area contributed by atoms with Gasteiger partial charge in [0.2, 0.25) is 0 Å². The second-order valence-electron chi connectivity index (χ2n) is 4.73. The summed E-state index contributed by atoms with van der Waals surface area (Å²) in [6.45, 7) is 1.35. The van der Waals surface area contributed by atoms with Gasteiger partial charge in [0.15, 0.2) is 0 Å². The maximum atomic E-state index is 12.0. The molecule has 1 aromatic carbocycles. The minimum Gasteiger partial charge on any atom is -0.376 e. The van der Waals surface area contributed by atoms with Crippen LogP contribution in [0.3, 0.4) is 0 Å². The average Bonchev–Trinajstić information content (AvgIpc) is 3.05. The molecule has 2 heterocycles. The molecule has 0 saturated carbocycles. The van der Waals surface area contributed by atoms with Crippen molar-refractivity contribution in [2.24, 2.45) is 0 Å². The number of nitrogens with one attached hydrogen (secondary N) is 2. The minimum absolute atomic E-state index is 0.122. The number of hydrogen-bond acceptors (Lipinski definition) is 2. The van der Waals surface area contributed by atoms with Gasteiger partial charge >= 0.3 is 0 Å². The molecule has 5 heteroatoms. The number of hydrogen-bond donors (Lipinski definition) is 2. The molecule has 19 heavy (non-hydrogen) atoms. The van der Waals surface area contributed by atoms with Gasteiger partial charge in [-0.2, -0.15) is 0 Å². The van der Waals surface area contributed by atoms with Crippen LogP contribution in [0.5, 0.6) is 0 Å². The normalized spacial score (nSPS) is 18.9. The van der Waals surface area contributed by atoms with Crippen LogP contribution < -0.4 is 5.32 Å². The van der Waals surface area contributed by atoms with E-state index >= 15 is 0 Å². The van der Waals surface area contributed by atoms with Gasteiger partial charge in [-0.1, -0.05) is 17.7 Å². The van der Waals surface area contributed by atoms with Crippen LogP contribution in [0.1, 0.15) is 23.3 Å². The van der Waals surface area contributed by atoms with Crippen molar-refractivity contribution in [3.63, 3.8) is 0 Å². The number of ether oxygens (including phenoxy) is 1. The van der Waals surface area contributed by atoms with Crippen LogP contribution >= 0.6 is 11.6 Å². The van der Waals surface area contributed by atoms with Gasteiger partial charge in [0, 0.05) is 29.1 Å². The first kappa shape index (κ1) is 12.5. The van der Waals surface area contributed by atoms with E-state index in [1.807, 2.05) is 18.2 Å². The molecule has 1 aliphatic heterocycles. The Morgan fingerprint density at radius 3 is 3.16 bits per heavy atom. The van der Waals surface area contributed by atoms with Crippen molar-refractivity contribution in [3.8, 4) is 0 Å². The van der Waals surface area contributed by atoms with Gasteiger partial charge < -0.3 is 15.0 Å². The Morgan fingerprint density at radius 2 is 2.42 bits per heavy atom. The fraction of sp³-hybridized carbons (Fsp3) is 0.357. The summed E-state index contributed by atoms with van der Waals surface area (Å²) in [4.78, 5) is 15.1. The Bertz CT molecular complexity index is 603. The maximum Gasteiger partial charge on any atom is 0.267 e. The van der Waals surface area contributed by atoms with Gasteiger partial charge in [-0.3, -0.25) is 4.79 Å². The lowest BCUT2D eigenvalue weighted by molar-refractivity contribution is 0.0854. The fourth-order valence-electron chi connectivity index (χ4n) is 2.35. The van der Waals surface area contributed by atoms with Gasteiger partial charge in [0.25, 0.3) is 5.91 Å². The zero-order valence-electron chi connectivity index (χ0n) is 10.4. The van der Waals surface area contributed by atoms with Crippen molar-refractivity contribution in [2.75, 3.05) is 13.2 Å². The van der Waals surface area contributed by atoms with E-state index in [4.69, 9.17) is 16.3 Å². The molecular weight excluding hydrogens is 264 g/mol. The van der Waals surface area contributed by atoms with Crippen LogP contribution in [0.15, 0.2) is 24.3 Å². The third kappa shape index (κ3) is 2.60. The maximum absolute atomic E-state index is 12.0. The zero-order valence-corrected chi connectivity index (χ0v) is 11.2. The van der Waals surface area contributed by atoms with E-state index in [0.717, 1.165) is 30.4 Å². The molecule has 1 atom stereocenters. The summed E-state index contributed by atoms with van der Waals surface area (Å²) in [7, 11) is 0. The van der Waals surface area contributed by atoms with Gasteiger partial charge in [-0.05, 0) is 31.0 Å². The molecule has 0 bridgehead atoms. The van der Waals surface area contributed by atoms with Crippen LogP contribution in [0.2, 0.25) is 5.02 Å². The molecule has 1 aliphatic rings. The summed E-state index contributed by atoms with van der Waals surface area (Å²) in [6.07, 6.45) is 2.23. The molecule has 1 amide bonds. The largest absolute Gasteiger partial charge is 0.376 e. The van der Waals surface area contributed by atoms with E-state index in [1.165, 1.54) is 0 Å². The van der Waals surface area contributed by atoms with E-state index in [0.29, 0.717) is 17.3 Å². The molecular formula is C14H15ClN2O2. The van der Waals surface area contributed by atoms with Crippen molar-refractivity contribution in [3.05, 3.63) is 35.0 Å². The second kappa shape index (κ2) is 5.23. The molecule has 1 aromatic heterocycles. The number of carbonyl (C=O) groups is 1. The number of halogens is 1. The van der Waals surface area contributed by atoms with Crippen LogP contribution in [-0.2, 0) is 4.74 Å². The standard InChI is InChI=1S/C14H15ClN2O2/c15-11-4-1-5-12-10(11)7-13(17-12)14(18)16-8-9-3-2-6-19-9/h1,4-5,7,9,17H,2-3,6,8H2,(H,16,18). The monoisotopic (exact) mass is 278 g/mol. The topological polar surface area (TPSA) is 54.1 Å². The quantitative estimate of drug-likeness (QED) is 0.907. The molecule has 1 saturated heterocycles. The van der Waals surface area contributed by atoms with Crippen molar-refractivity contribution in [2.45, 2.75) is 18.9 Å². The van der Waals surface area contributed by atoms with Crippen molar-refractivity contribution < 1.29 is 9.53 Å². The highest BCUT2D eigenvalue weighted by Crippen LogP contribution is 2.23. The highest BCUT2D eigenvalue weighted by molar-refractivity contribution is 6.35. The number of H-pyrrole nitrogens is 1. The Kier molecular flexibility index (Phi) is 3.44. The first-order valence-corrected chi connectivity index (χ1v) is 6.79. The van der Waals surface area contributed by atoms with E-state index < -0.39 is 0 Å². The summed E-state index contributed by atoms with van der Waals surface area (Å²) < 4.78 is 5.47. The smallest absolute Gasteiger partial charge is 0.267 e. The van der Waals surface area contributed by atoms with Crippen LogP contribution in [-0.4, -0.2) is 30.1 Å². The number of carbonyl (C=O) groups excluding carboxylic acids is 1. The van der Waals surface area contributed by atoms with Crippen molar-refractivity contribution in [1.82, 2.24) is 10.3 Å². The van der Waals surface area contributed by atoms with E-state index in [2.05, 4.69) is 10.3 Å². The lowest BCUT2D eigenvalue weighted by Gasteiger charge is -2.09. The lowest BCUT2D eigenvalue weighted by Crippen LogP contribution is -2.31. The lowest BCUT2D eigenvalue weighted by atomic mass is 10.2. The summed E-state index contributed by atoms with van der Waals surface area (Å²) >= 11 is 6.08. The molecule has 4 nitrogen and oxygen atoms in total. The number of aromatic nitrogens is 1. The summed E-state index contributed by atoms with van der Waals surface area (Å²) in [6, 6.07) is 7.35. The molecule has 100 valence electrons. The molecule has 0 radical (unpaired) electrons. The first-order valence-electron chi connectivity index (χ1n) is 6.41. The first-order chi connectivity index (χ1) is 9.24. The predicted molar refractivity (Wildman–Crippen MR) is 74.6 cm³/mol. The summed E-state index contributed by atoms with van der Waals surface area (Å²) in [5.74, 6) is -0.122. The predicted octanol–water partition coefficient (Wildman–Crippen LogP) is 2.73. The number of aromatic amines is 1. The number of fused-ring (bicyclic) bond motifs is 1. The van der Waals surface area contributed by atoms with E-state index in [9.17, 15) is 4.79 Å². The number of amides is 1. The Morgan fingerprint density at radius 1 is 1.53 bits per heavy atom. The van der Waals surface area contributed by atoms with E-state index in [-0.39, 0.29) is 12.0 Å².